The predicted octanol–water partition coefficient (Wildman–Crippen LogP) is 4.06. The van der Waals surface area contributed by atoms with E-state index in [4.69, 9.17) is 22.1 Å². The highest BCUT2D eigenvalue weighted by Crippen LogP contribution is 2.35. The topological polar surface area (TPSA) is 128 Å². The first-order valence-corrected chi connectivity index (χ1v) is 10.4. The van der Waals surface area contributed by atoms with Crippen LogP contribution in [0.1, 0.15) is 22.9 Å². The average Bonchev–Trinajstić information content (AvgIpc) is 3.15. The number of methoxy groups -OCH3 is 1. The molecule has 0 aliphatic carbocycles. The molecule has 0 aliphatic rings. The number of nitrogens with one attached hydrogen (secondary N) is 1. The second-order valence-corrected chi connectivity index (χ2v) is 7.91. The number of nitrogen functional groups attached to an aromatic ring is 1. The van der Waals surface area contributed by atoms with Crippen LogP contribution in [0.5, 0.6) is 5.75 Å². The van der Waals surface area contributed by atoms with Crippen LogP contribution in [0.2, 0.25) is 5.02 Å². The summed E-state index contributed by atoms with van der Waals surface area (Å²) in [7, 11) is 1.18. The van der Waals surface area contributed by atoms with E-state index < -0.39 is 23.8 Å². The van der Waals surface area contributed by atoms with Gasteiger partial charge < -0.3 is 20.9 Å². The van der Waals surface area contributed by atoms with Crippen molar-refractivity contribution in [3.63, 3.8) is 0 Å². The largest absolute Gasteiger partial charge is 0.497 e. The highest BCUT2D eigenvalue weighted by atomic mass is 35.5. The SMILES string of the molecule is COc1cc([C@@H](O)C(=O)Nc2ccc(-n3nc(C)c4ncnc(N)c43)c(Cl)c2)cc(C(F)(F)F)c1. The summed E-state index contributed by atoms with van der Waals surface area (Å²) in [5.74, 6) is -0.920. The number of alkyl halides is 3. The number of aliphatic hydroxyl groups excluding tert-OH is 1. The fraction of sp³-hybridized carbons (Fsp3) is 0.182. The average molecular weight is 507 g/mol. The number of aliphatic hydroxyl groups is 1. The molecule has 9 nitrogen and oxygen atoms in total. The number of fused-ring (bicyclic) bond motifs is 1. The van der Waals surface area contributed by atoms with Gasteiger partial charge in [-0.1, -0.05) is 11.6 Å². The first-order valence-electron chi connectivity index (χ1n) is 10.0. The lowest BCUT2D eigenvalue weighted by Gasteiger charge is -2.16. The Kier molecular flexibility index (Phi) is 6.26. The van der Waals surface area contributed by atoms with Gasteiger partial charge in [-0.05, 0) is 48.9 Å². The summed E-state index contributed by atoms with van der Waals surface area (Å²) in [6.45, 7) is 1.75. The van der Waals surface area contributed by atoms with E-state index in [2.05, 4.69) is 20.4 Å². The van der Waals surface area contributed by atoms with Crippen molar-refractivity contribution in [2.75, 3.05) is 18.2 Å². The van der Waals surface area contributed by atoms with Crippen molar-refractivity contribution in [2.45, 2.75) is 19.2 Å². The first kappa shape index (κ1) is 24.2. The van der Waals surface area contributed by atoms with Gasteiger partial charge in [-0.3, -0.25) is 4.79 Å². The maximum absolute atomic E-state index is 13.2. The van der Waals surface area contributed by atoms with Crippen molar-refractivity contribution >= 4 is 40.0 Å². The summed E-state index contributed by atoms with van der Waals surface area (Å²) < 4.78 is 45.8. The van der Waals surface area contributed by atoms with Crippen LogP contribution < -0.4 is 15.8 Å². The first-order chi connectivity index (χ1) is 16.5. The van der Waals surface area contributed by atoms with Crippen molar-refractivity contribution < 1.29 is 27.8 Å². The predicted molar refractivity (Wildman–Crippen MR) is 122 cm³/mol. The molecule has 0 aliphatic heterocycles. The molecule has 1 amide bonds. The Balaban J connectivity index is 1.61. The highest BCUT2D eigenvalue weighted by Gasteiger charge is 2.33. The molecule has 0 spiro atoms. The lowest BCUT2D eigenvalue weighted by atomic mass is 10.0. The van der Waals surface area contributed by atoms with Gasteiger partial charge in [0.15, 0.2) is 11.9 Å². The van der Waals surface area contributed by atoms with E-state index in [1.165, 1.54) is 30.3 Å². The number of carbonyl (C=O) groups excluding carboxylic acids is 1. The van der Waals surface area contributed by atoms with Crippen molar-refractivity contribution in [3.8, 4) is 11.4 Å². The number of benzene rings is 2. The van der Waals surface area contributed by atoms with E-state index in [-0.39, 0.29) is 27.8 Å². The minimum Gasteiger partial charge on any atom is -0.497 e. The van der Waals surface area contributed by atoms with Crippen molar-refractivity contribution in [1.29, 1.82) is 0 Å². The number of halogens is 4. The number of hydrogen-bond donors (Lipinski definition) is 3. The molecule has 0 bridgehead atoms. The van der Waals surface area contributed by atoms with E-state index in [1.807, 2.05) is 0 Å². The fourth-order valence-electron chi connectivity index (χ4n) is 3.47. The molecule has 35 heavy (non-hydrogen) atoms. The number of nitrogens with zero attached hydrogens (tertiary/aromatic N) is 4. The standard InChI is InChI=1S/C22H18ClF3N6O3/c1-10-17-18(20(27)29-9-28-17)32(31-10)16-4-3-13(8-15(16)23)30-21(34)19(33)11-5-12(22(24,25)26)7-14(6-11)35-2/h3-9,19,33H,1-2H3,(H,30,34)(H2,27,28,29)/t19-/m1/s1. The molecule has 2 aromatic carbocycles. The molecule has 4 N–H and O–H groups in total. The smallest absolute Gasteiger partial charge is 0.416 e. The Morgan fingerprint density at radius 1 is 1.23 bits per heavy atom. The highest BCUT2D eigenvalue weighted by molar-refractivity contribution is 6.32. The van der Waals surface area contributed by atoms with Crippen molar-refractivity contribution in [1.82, 2.24) is 19.7 Å². The van der Waals surface area contributed by atoms with Gasteiger partial charge in [0.25, 0.3) is 5.91 Å². The number of anilines is 2. The van der Waals surface area contributed by atoms with E-state index in [1.54, 1.807) is 13.0 Å². The molecule has 13 heteroatoms. The number of ether oxygens (including phenoxy) is 1. The molecular weight excluding hydrogens is 489 g/mol. The van der Waals surface area contributed by atoms with Gasteiger partial charge in [0.1, 0.15) is 23.1 Å². The number of aromatic nitrogens is 4. The van der Waals surface area contributed by atoms with Crippen molar-refractivity contribution in [2.24, 2.45) is 0 Å². The summed E-state index contributed by atoms with van der Waals surface area (Å²) in [5.41, 5.74) is 6.86. The summed E-state index contributed by atoms with van der Waals surface area (Å²) in [6, 6.07) is 7.03. The lowest BCUT2D eigenvalue weighted by molar-refractivity contribution is -0.138. The summed E-state index contributed by atoms with van der Waals surface area (Å²) in [6.07, 6.45) is -5.27. The zero-order valence-corrected chi connectivity index (χ0v) is 19.0. The molecule has 182 valence electrons. The monoisotopic (exact) mass is 506 g/mol. The Hall–Kier alpha value is -3.90. The number of aryl methyl sites for hydroxylation is 1. The molecule has 0 saturated carbocycles. The number of carbonyl (C=O) groups is 1. The van der Waals surface area contributed by atoms with Crippen LogP contribution in [0.3, 0.4) is 0 Å². The second-order valence-electron chi connectivity index (χ2n) is 7.50. The summed E-state index contributed by atoms with van der Waals surface area (Å²) >= 11 is 6.42. The summed E-state index contributed by atoms with van der Waals surface area (Å²) in [5, 5.41) is 17.4. The van der Waals surface area contributed by atoms with Gasteiger partial charge in [0, 0.05) is 5.69 Å². The number of hydrogen-bond acceptors (Lipinski definition) is 7. The quantitative estimate of drug-likeness (QED) is 0.372. The van der Waals surface area contributed by atoms with Crippen LogP contribution >= 0.6 is 11.6 Å². The lowest BCUT2D eigenvalue weighted by Crippen LogP contribution is -2.21. The third kappa shape index (κ3) is 4.70. The van der Waals surface area contributed by atoms with E-state index in [0.717, 1.165) is 12.1 Å². The van der Waals surface area contributed by atoms with E-state index in [0.29, 0.717) is 28.5 Å². The van der Waals surface area contributed by atoms with Gasteiger partial charge >= 0.3 is 6.18 Å². The third-order valence-corrected chi connectivity index (χ3v) is 5.46. The zero-order valence-electron chi connectivity index (χ0n) is 18.3. The number of rotatable bonds is 5. The third-order valence-electron chi connectivity index (χ3n) is 5.15. The molecule has 1 atom stereocenters. The Morgan fingerprint density at radius 3 is 2.63 bits per heavy atom. The fourth-order valence-corrected chi connectivity index (χ4v) is 3.73. The van der Waals surface area contributed by atoms with Crippen molar-refractivity contribution in [3.05, 3.63) is 64.6 Å². The number of amides is 1. The van der Waals surface area contributed by atoms with Gasteiger partial charge in [-0.15, -0.1) is 0 Å². The molecular formula is C22H18ClF3N6O3. The summed E-state index contributed by atoms with van der Waals surface area (Å²) in [4.78, 5) is 20.7. The van der Waals surface area contributed by atoms with Gasteiger partial charge in [-0.2, -0.15) is 18.3 Å². The molecule has 4 rings (SSSR count). The van der Waals surface area contributed by atoms with Crippen LogP contribution in [0, 0.1) is 6.92 Å². The minimum atomic E-state index is -4.69. The van der Waals surface area contributed by atoms with E-state index in [9.17, 15) is 23.1 Å². The molecule has 0 saturated heterocycles. The molecule has 2 aromatic heterocycles. The Morgan fingerprint density at radius 2 is 1.97 bits per heavy atom. The van der Waals surface area contributed by atoms with Crippen LogP contribution in [-0.4, -0.2) is 37.9 Å². The number of nitrogens with two attached hydrogens (primary N) is 1. The van der Waals surface area contributed by atoms with Crippen LogP contribution in [-0.2, 0) is 11.0 Å². The van der Waals surface area contributed by atoms with Crippen LogP contribution in [0.4, 0.5) is 24.7 Å². The molecule has 4 aromatic rings. The second kappa shape index (κ2) is 9.04. The van der Waals surface area contributed by atoms with E-state index >= 15 is 0 Å². The molecule has 0 unspecified atom stereocenters. The molecule has 2 heterocycles. The zero-order chi connectivity index (χ0) is 25.5. The molecule has 0 radical (unpaired) electrons. The van der Waals surface area contributed by atoms with Gasteiger partial charge in [0.2, 0.25) is 0 Å². The maximum Gasteiger partial charge on any atom is 0.416 e. The normalized spacial score (nSPS) is 12.5. The Labute approximate surface area is 201 Å². The Bertz CT molecular complexity index is 1440. The van der Waals surface area contributed by atoms with Crippen LogP contribution in [0.15, 0.2) is 42.7 Å². The minimum absolute atomic E-state index is 0.154. The van der Waals surface area contributed by atoms with Crippen LogP contribution in [0.25, 0.3) is 16.7 Å². The molecule has 0 fully saturated rings. The maximum atomic E-state index is 13.2. The van der Waals surface area contributed by atoms with Gasteiger partial charge in [-0.25, -0.2) is 14.6 Å². The van der Waals surface area contributed by atoms with Gasteiger partial charge in [0.05, 0.1) is 29.1 Å².